The van der Waals surface area contributed by atoms with Crippen LogP contribution in [0.25, 0.3) is 0 Å². The van der Waals surface area contributed by atoms with Crippen molar-refractivity contribution in [2.75, 3.05) is 12.4 Å². The van der Waals surface area contributed by atoms with E-state index in [0.717, 1.165) is 19.2 Å². The minimum atomic E-state index is -1.12. The van der Waals surface area contributed by atoms with Gasteiger partial charge in [0.2, 0.25) is 0 Å². The lowest BCUT2D eigenvalue weighted by Crippen LogP contribution is -2.52. The summed E-state index contributed by atoms with van der Waals surface area (Å²) in [5.41, 5.74) is 2.36. The molecule has 13 nitrogen and oxygen atoms in total. The van der Waals surface area contributed by atoms with Crippen molar-refractivity contribution in [1.29, 1.82) is 0 Å². The van der Waals surface area contributed by atoms with Crippen molar-refractivity contribution >= 4 is 35.4 Å². The van der Waals surface area contributed by atoms with Gasteiger partial charge >= 0.3 is 12.2 Å². The van der Waals surface area contributed by atoms with Crippen molar-refractivity contribution in [1.82, 2.24) is 16.2 Å². The molecule has 0 aromatic heterocycles. The van der Waals surface area contributed by atoms with Crippen LogP contribution in [0.3, 0.4) is 0 Å². The monoisotopic (exact) mass is 451 g/mol. The topological polar surface area (TPSA) is 178 Å². The van der Waals surface area contributed by atoms with E-state index in [9.17, 15) is 29.3 Å². The van der Waals surface area contributed by atoms with Gasteiger partial charge in [-0.05, 0) is 39.3 Å². The number of hydrazine groups is 1. The third-order valence-electron chi connectivity index (χ3n) is 3.58. The fourth-order valence-electron chi connectivity index (χ4n) is 2.24. The van der Waals surface area contributed by atoms with Gasteiger partial charge in [0.25, 0.3) is 17.5 Å². The van der Waals surface area contributed by atoms with Crippen molar-refractivity contribution in [3.8, 4) is 0 Å². The van der Waals surface area contributed by atoms with Crippen molar-refractivity contribution in [3.63, 3.8) is 0 Å². The molecule has 0 fully saturated rings. The quantitative estimate of drug-likeness (QED) is 0.276. The molecule has 0 heterocycles. The van der Waals surface area contributed by atoms with Crippen LogP contribution in [-0.4, -0.2) is 47.7 Å². The van der Waals surface area contributed by atoms with Crippen molar-refractivity contribution in [2.24, 2.45) is 0 Å². The Hall–Kier alpha value is -4.16. The maximum absolute atomic E-state index is 12.4. The standard InChI is InChI=1S/C19H25N5O8/c1-6-7-13(21-18(28)32-19(2,3)4)16(26)23-22-15(25)12-9-8-11(20-17(27)31-5)10-14(12)24(29)30/h6,8-10,13H,1,7H2,2-5H3,(H,20,27)(H,21,28)(H,22,25)(H,23,26)/t13-/m0/s1. The molecule has 4 N–H and O–H groups in total. The van der Waals surface area contributed by atoms with Gasteiger partial charge in [0.05, 0.1) is 17.7 Å². The van der Waals surface area contributed by atoms with E-state index < -0.39 is 46.3 Å². The first kappa shape index (κ1) is 25.9. The number of benzene rings is 1. The summed E-state index contributed by atoms with van der Waals surface area (Å²) < 4.78 is 9.48. The maximum Gasteiger partial charge on any atom is 0.411 e. The average molecular weight is 451 g/mol. The number of methoxy groups -OCH3 is 1. The predicted molar refractivity (Wildman–Crippen MR) is 113 cm³/mol. The largest absolute Gasteiger partial charge is 0.453 e. The van der Waals surface area contributed by atoms with E-state index in [-0.39, 0.29) is 17.7 Å². The van der Waals surface area contributed by atoms with Gasteiger partial charge in [0.1, 0.15) is 17.2 Å². The summed E-state index contributed by atoms with van der Waals surface area (Å²) in [6, 6.07) is 2.17. The molecule has 0 bridgehead atoms. The third-order valence-corrected chi connectivity index (χ3v) is 3.58. The minimum absolute atomic E-state index is 0.0228. The van der Waals surface area contributed by atoms with Gasteiger partial charge in [0, 0.05) is 6.07 Å². The van der Waals surface area contributed by atoms with Gasteiger partial charge in [-0.25, -0.2) is 9.59 Å². The molecule has 0 aliphatic carbocycles. The first-order valence-corrected chi connectivity index (χ1v) is 9.22. The van der Waals surface area contributed by atoms with E-state index in [1.165, 1.54) is 12.1 Å². The molecule has 32 heavy (non-hydrogen) atoms. The molecule has 1 atom stereocenters. The van der Waals surface area contributed by atoms with Gasteiger partial charge < -0.3 is 14.8 Å². The molecule has 0 aliphatic rings. The smallest absolute Gasteiger partial charge is 0.411 e. The molecular formula is C19H25N5O8. The number of ether oxygens (including phenoxy) is 2. The molecule has 0 unspecified atom stereocenters. The number of hydrogen-bond acceptors (Lipinski definition) is 8. The highest BCUT2D eigenvalue weighted by molar-refractivity contribution is 6.00. The number of nitro groups is 1. The SMILES string of the molecule is C=CC[C@H](NC(=O)OC(C)(C)C)C(=O)NNC(=O)c1ccc(NC(=O)OC)cc1[N+](=O)[O-]. The van der Waals surface area contributed by atoms with Crippen LogP contribution in [0.1, 0.15) is 37.6 Å². The normalized spacial score (nSPS) is 11.4. The highest BCUT2D eigenvalue weighted by Gasteiger charge is 2.25. The summed E-state index contributed by atoms with van der Waals surface area (Å²) in [7, 11) is 1.12. The van der Waals surface area contributed by atoms with Crippen LogP contribution in [0, 0.1) is 10.1 Å². The van der Waals surface area contributed by atoms with Crippen LogP contribution in [0.2, 0.25) is 0 Å². The van der Waals surface area contributed by atoms with E-state index >= 15 is 0 Å². The number of rotatable bonds is 7. The number of nitrogens with zero attached hydrogens (tertiary/aromatic N) is 1. The van der Waals surface area contributed by atoms with E-state index in [4.69, 9.17) is 4.74 Å². The number of nitro benzene ring substituents is 1. The number of anilines is 1. The Morgan fingerprint density at radius 3 is 2.38 bits per heavy atom. The first-order valence-electron chi connectivity index (χ1n) is 9.22. The summed E-state index contributed by atoms with van der Waals surface area (Å²) in [6.07, 6.45) is -0.305. The second-order valence-corrected chi connectivity index (χ2v) is 7.27. The first-order chi connectivity index (χ1) is 14.9. The number of hydrogen-bond donors (Lipinski definition) is 4. The lowest BCUT2D eigenvalue weighted by atomic mass is 10.1. The summed E-state index contributed by atoms with van der Waals surface area (Å²) in [5, 5.41) is 15.9. The summed E-state index contributed by atoms with van der Waals surface area (Å²) in [5.74, 6) is -1.81. The van der Waals surface area contributed by atoms with Crippen LogP contribution in [0.5, 0.6) is 0 Å². The summed E-state index contributed by atoms with van der Waals surface area (Å²) >= 11 is 0. The Labute approximate surface area is 183 Å². The molecule has 0 saturated carbocycles. The Morgan fingerprint density at radius 2 is 1.84 bits per heavy atom. The highest BCUT2D eigenvalue weighted by atomic mass is 16.6. The molecule has 0 radical (unpaired) electrons. The Bertz CT molecular complexity index is 909. The van der Waals surface area contributed by atoms with Gasteiger partial charge in [-0.15, -0.1) is 6.58 Å². The zero-order chi connectivity index (χ0) is 24.5. The fourth-order valence-corrected chi connectivity index (χ4v) is 2.24. The Morgan fingerprint density at radius 1 is 1.19 bits per heavy atom. The van der Waals surface area contributed by atoms with Gasteiger partial charge in [-0.3, -0.25) is 35.9 Å². The Balaban J connectivity index is 2.89. The van der Waals surface area contributed by atoms with E-state index in [2.05, 4.69) is 27.4 Å². The Kier molecular flexibility index (Phi) is 9.13. The second-order valence-electron chi connectivity index (χ2n) is 7.27. The zero-order valence-electron chi connectivity index (χ0n) is 18.0. The lowest BCUT2D eigenvalue weighted by Gasteiger charge is -2.22. The number of nitrogens with one attached hydrogen (secondary N) is 4. The molecule has 0 spiro atoms. The minimum Gasteiger partial charge on any atom is -0.453 e. The van der Waals surface area contributed by atoms with Crippen molar-refractivity contribution in [3.05, 3.63) is 46.5 Å². The van der Waals surface area contributed by atoms with Crippen LogP contribution >= 0.6 is 0 Å². The molecule has 0 aliphatic heterocycles. The van der Waals surface area contributed by atoms with Gasteiger partial charge in [-0.2, -0.15) is 0 Å². The molecule has 4 amide bonds. The fraction of sp³-hybridized carbons (Fsp3) is 0.368. The lowest BCUT2D eigenvalue weighted by molar-refractivity contribution is -0.385. The summed E-state index contributed by atoms with van der Waals surface area (Å²) in [4.78, 5) is 58.4. The number of carbonyl (C=O) groups is 4. The third kappa shape index (κ3) is 8.30. The van der Waals surface area contributed by atoms with E-state index in [1.54, 1.807) is 20.8 Å². The molecule has 1 aromatic carbocycles. The maximum atomic E-state index is 12.4. The molecule has 13 heteroatoms. The van der Waals surface area contributed by atoms with Gasteiger partial charge in [-0.1, -0.05) is 6.08 Å². The second kappa shape index (κ2) is 11.3. The number of carbonyl (C=O) groups excluding carboxylic acids is 4. The molecular weight excluding hydrogens is 426 g/mol. The van der Waals surface area contributed by atoms with Crippen molar-refractivity contribution in [2.45, 2.75) is 38.8 Å². The van der Waals surface area contributed by atoms with Gasteiger partial charge in [0.15, 0.2) is 0 Å². The van der Waals surface area contributed by atoms with Crippen LogP contribution in [-0.2, 0) is 14.3 Å². The molecule has 0 saturated heterocycles. The molecule has 1 aromatic rings. The van der Waals surface area contributed by atoms with E-state index in [1.807, 2.05) is 5.43 Å². The zero-order valence-corrected chi connectivity index (χ0v) is 18.0. The number of amides is 4. The highest BCUT2D eigenvalue weighted by Crippen LogP contribution is 2.23. The van der Waals surface area contributed by atoms with Crippen LogP contribution in [0.4, 0.5) is 21.0 Å². The molecule has 174 valence electrons. The number of alkyl carbamates (subject to hydrolysis) is 1. The van der Waals surface area contributed by atoms with Crippen LogP contribution < -0.4 is 21.5 Å². The van der Waals surface area contributed by atoms with E-state index in [0.29, 0.717) is 0 Å². The van der Waals surface area contributed by atoms with Crippen LogP contribution in [0.15, 0.2) is 30.9 Å². The average Bonchev–Trinajstić information content (AvgIpc) is 2.69. The van der Waals surface area contributed by atoms with Crippen molar-refractivity contribution < 1.29 is 33.6 Å². The molecule has 1 rings (SSSR count). The predicted octanol–water partition coefficient (Wildman–Crippen LogP) is 2.00. The summed E-state index contributed by atoms with van der Waals surface area (Å²) in [6.45, 7) is 8.44.